The molecule has 4 atom stereocenters. The van der Waals surface area contributed by atoms with Crippen molar-refractivity contribution in [3.63, 3.8) is 0 Å². The van der Waals surface area contributed by atoms with E-state index in [0.717, 1.165) is 12.3 Å². The summed E-state index contributed by atoms with van der Waals surface area (Å²) in [5.74, 6) is 2.15. The molecule has 1 rings (SSSR count). The van der Waals surface area contributed by atoms with Crippen molar-refractivity contribution in [2.45, 2.75) is 59.2 Å². The van der Waals surface area contributed by atoms with Crippen LogP contribution in [0.1, 0.15) is 47.0 Å². The summed E-state index contributed by atoms with van der Waals surface area (Å²) in [7, 11) is 0. The van der Waals surface area contributed by atoms with Gasteiger partial charge in [-0.2, -0.15) is 0 Å². The predicted molar refractivity (Wildman–Crippen MR) is 62.8 cm³/mol. The average molecular weight is 214 g/mol. The van der Waals surface area contributed by atoms with Crippen LogP contribution in [-0.4, -0.2) is 23.9 Å². The van der Waals surface area contributed by atoms with E-state index in [4.69, 9.17) is 4.74 Å². The summed E-state index contributed by atoms with van der Waals surface area (Å²) >= 11 is 0. The second kappa shape index (κ2) is 5.86. The SMILES string of the molecule is CC(O)COC1CC(C)CCC1C(C)C. The average Bonchev–Trinajstić information content (AvgIpc) is 2.14. The Labute approximate surface area is 94.0 Å². The fraction of sp³-hybridized carbons (Fsp3) is 1.00. The minimum absolute atomic E-state index is 0.338. The highest BCUT2D eigenvalue weighted by molar-refractivity contribution is 4.81. The molecule has 0 amide bonds. The summed E-state index contributed by atoms with van der Waals surface area (Å²) in [5.41, 5.74) is 0. The van der Waals surface area contributed by atoms with Gasteiger partial charge in [-0.3, -0.25) is 0 Å². The Morgan fingerprint density at radius 1 is 1.27 bits per heavy atom. The molecule has 0 heterocycles. The zero-order valence-electron chi connectivity index (χ0n) is 10.6. The van der Waals surface area contributed by atoms with Gasteiger partial charge < -0.3 is 9.84 Å². The first-order valence-corrected chi connectivity index (χ1v) is 6.30. The zero-order chi connectivity index (χ0) is 11.4. The fourth-order valence-corrected chi connectivity index (χ4v) is 2.57. The smallest absolute Gasteiger partial charge is 0.0745 e. The minimum Gasteiger partial charge on any atom is -0.391 e. The summed E-state index contributed by atoms with van der Waals surface area (Å²) in [5, 5.41) is 9.25. The highest BCUT2D eigenvalue weighted by atomic mass is 16.5. The largest absolute Gasteiger partial charge is 0.391 e. The number of hydrogen-bond donors (Lipinski definition) is 1. The van der Waals surface area contributed by atoms with Gasteiger partial charge in [-0.25, -0.2) is 0 Å². The molecule has 1 saturated carbocycles. The van der Waals surface area contributed by atoms with Crippen LogP contribution in [0, 0.1) is 17.8 Å². The summed E-state index contributed by atoms with van der Waals surface area (Å²) in [4.78, 5) is 0. The molecule has 0 spiro atoms. The Bertz CT molecular complexity index is 177. The molecule has 2 nitrogen and oxygen atoms in total. The molecule has 0 radical (unpaired) electrons. The van der Waals surface area contributed by atoms with Crippen LogP contribution >= 0.6 is 0 Å². The molecule has 0 aromatic heterocycles. The topological polar surface area (TPSA) is 29.5 Å². The minimum atomic E-state index is -0.338. The predicted octanol–water partition coefficient (Wildman–Crippen LogP) is 2.84. The van der Waals surface area contributed by atoms with Crippen LogP contribution in [0.2, 0.25) is 0 Å². The maximum absolute atomic E-state index is 9.25. The van der Waals surface area contributed by atoms with Crippen LogP contribution in [0.25, 0.3) is 0 Å². The number of hydrogen-bond acceptors (Lipinski definition) is 2. The summed E-state index contributed by atoms with van der Waals surface area (Å²) < 4.78 is 5.84. The highest BCUT2D eigenvalue weighted by Crippen LogP contribution is 2.35. The van der Waals surface area contributed by atoms with E-state index in [2.05, 4.69) is 20.8 Å². The third-order valence-electron chi connectivity index (χ3n) is 3.51. The van der Waals surface area contributed by atoms with E-state index in [1.807, 2.05) is 0 Å². The van der Waals surface area contributed by atoms with Crippen LogP contribution in [0.3, 0.4) is 0 Å². The molecular formula is C13H26O2. The first kappa shape index (κ1) is 13.0. The Morgan fingerprint density at radius 2 is 1.93 bits per heavy atom. The summed E-state index contributed by atoms with van der Waals surface area (Å²) in [6.45, 7) is 9.13. The first-order valence-electron chi connectivity index (χ1n) is 6.30. The third kappa shape index (κ3) is 4.12. The van der Waals surface area contributed by atoms with E-state index in [1.165, 1.54) is 12.8 Å². The highest BCUT2D eigenvalue weighted by Gasteiger charge is 2.31. The van der Waals surface area contributed by atoms with Gasteiger partial charge in [-0.15, -0.1) is 0 Å². The normalized spacial score (nSPS) is 34.4. The van der Waals surface area contributed by atoms with E-state index >= 15 is 0 Å². The molecule has 0 aliphatic heterocycles. The monoisotopic (exact) mass is 214 g/mol. The molecule has 0 bridgehead atoms. The molecule has 2 heteroatoms. The Hall–Kier alpha value is -0.0800. The fourth-order valence-electron chi connectivity index (χ4n) is 2.57. The Balaban J connectivity index is 2.46. The van der Waals surface area contributed by atoms with E-state index < -0.39 is 0 Å². The molecular weight excluding hydrogens is 188 g/mol. The van der Waals surface area contributed by atoms with Gasteiger partial charge >= 0.3 is 0 Å². The molecule has 1 N–H and O–H groups in total. The lowest BCUT2D eigenvalue weighted by Crippen LogP contribution is -2.35. The lowest BCUT2D eigenvalue weighted by molar-refractivity contribution is -0.0653. The van der Waals surface area contributed by atoms with E-state index in [0.29, 0.717) is 24.5 Å². The maximum atomic E-state index is 9.25. The number of aliphatic hydroxyl groups excluding tert-OH is 1. The van der Waals surface area contributed by atoms with Crippen molar-refractivity contribution in [1.29, 1.82) is 0 Å². The lowest BCUT2D eigenvalue weighted by atomic mass is 9.75. The van der Waals surface area contributed by atoms with Gasteiger partial charge in [0.1, 0.15) is 0 Å². The van der Waals surface area contributed by atoms with Crippen LogP contribution in [-0.2, 0) is 4.74 Å². The van der Waals surface area contributed by atoms with E-state index in [9.17, 15) is 5.11 Å². The zero-order valence-corrected chi connectivity index (χ0v) is 10.6. The molecule has 90 valence electrons. The van der Waals surface area contributed by atoms with Crippen molar-refractivity contribution in [3.8, 4) is 0 Å². The van der Waals surface area contributed by atoms with Crippen LogP contribution in [0.4, 0.5) is 0 Å². The molecule has 0 aromatic rings. The van der Waals surface area contributed by atoms with Crippen molar-refractivity contribution < 1.29 is 9.84 Å². The van der Waals surface area contributed by atoms with E-state index in [-0.39, 0.29) is 6.10 Å². The van der Waals surface area contributed by atoms with Gasteiger partial charge in [0.15, 0.2) is 0 Å². The van der Waals surface area contributed by atoms with Gasteiger partial charge in [0, 0.05) is 0 Å². The number of ether oxygens (including phenoxy) is 1. The summed E-state index contributed by atoms with van der Waals surface area (Å²) in [6.07, 6.45) is 3.80. The quantitative estimate of drug-likeness (QED) is 0.779. The third-order valence-corrected chi connectivity index (χ3v) is 3.51. The van der Waals surface area contributed by atoms with Crippen molar-refractivity contribution in [2.75, 3.05) is 6.61 Å². The Morgan fingerprint density at radius 3 is 2.47 bits per heavy atom. The van der Waals surface area contributed by atoms with Crippen molar-refractivity contribution >= 4 is 0 Å². The molecule has 1 aliphatic carbocycles. The van der Waals surface area contributed by atoms with Gasteiger partial charge in [0.05, 0.1) is 18.8 Å². The molecule has 0 saturated heterocycles. The molecule has 1 aliphatic rings. The maximum Gasteiger partial charge on any atom is 0.0745 e. The van der Waals surface area contributed by atoms with Crippen LogP contribution in [0.15, 0.2) is 0 Å². The van der Waals surface area contributed by atoms with Gasteiger partial charge in [0.25, 0.3) is 0 Å². The number of aliphatic hydroxyl groups is 1. The van der Waals surface area contributed by atoms with Gasteiger partial charge in [-0.1, -0.05) is 27.2 Å². The van der Waals surface area contributed by atoms with E-state index in [1.54, 1.807) is 6.92 Å². The second-order valence-corrected chi connectivity index (χ2v) is 5.55. The molecule has 4 unspecified atom stereocenters. The van der Waals surface area contributed by atoms with Crippen molar-refractivity contribution in [3.05, 3.63) is 0 Å². The van der Waals surface area contributed by atoms with Gasteiger partial charge in [0.2, 0.25) is 0 Å². The lowest BCUT2D eigenvalue weighted by Gasteiger charge is -2.37. The standard InChI is InChI=1S/C13H26O2/c1-9(2)12-6-5-10(3)7-13(12)15-8-11(4)14/h9-14H,5-8H2,1-4H3. The summed E-state index contributed by atoms with van der Waals surface area (Å²) in [6, 6.07) is 0. The van der Waals surface area contributed by atoms with Crippen molar-refractivity contribution in [1.82, 2.24) is 0 Å². The number of rotatable bonds is 4. The van der Waals surface area contributed by atoms with Gasteiger partial charge in [-0.05, 0) is 37.5 Å². The van der Waals surface area contributed by atoms with Crippen LogP contribution in [0.5, 0.6) is 0 Å². The second-order valence-electron chi connectivity index (χ2n) is 5.55. The van der Waals surface area contributed by atoms with Crippen molar-refractivity contribution in [2.24, 2.45) is 17.8 Å². The molecule has 15 heavy (non-hydrogen) atoms. The Kier molecular flexibility index (Phi) is 5.07. The molecule has 1 fully saturated rings. The van der Waals surface area contributed by atoms with Crippen LogP contribution < -0.4 is 0 Å². The first-order chi connectivity index (χ1) is 7.00. The molecule has 0 aromatic carbocycles.